The van der Waals surface area contributed by atoms with Gasteiger partial charge in [-0.2, -0.15) is 0 Å². The van der Waals surface area contributed by atoms with E-state index in [9.17, 15) is 4.79 Å². The minimum Gasteiger partial charge on any atom is -0.497 e. The van der Waals surface area contributed by atoms with Gasteiger partial charge in [-0.15, -0.1) is 0 Å². The number of aromatic nitrogens is 2. The second-order valence-electron chi connectivity index (χ2n) is 3.70. The van der Waals surface area contributed by atoms with Crippen LogP contribution in [0.2, 0.25) is 0 Å². The molecule has 0 saturated carbocycles. The average Bonchev–Trinajstić information content (AvgIpc) is 2.66. The smallest absolute Gasteiger partial charge is 0.294 e. The lowest BCUT2D eigenvalue weighted by Gasteiger charge is -2.04. The van der Waals surface area contributed by atoms with Crippen LogP contribution in [0.15, 0.2) is 29.1 Å². The summed E-state index contributed by atoms with van der Waals surface area (Å²) >= 11 is 0. The van der Waals surface area contributed by atoms with Crippen molar-refractivity contribution in [2.75, 3.05) is 12.8 Å². The summed E-state index contributed by atoms with van der Waals surface area (Å²) in [5, 5.41) is 2.99. The number of nitrogens with zero attached hydrogens (tertiary/aromatic N) is 1. The Morgan fingerprint density at radius 3 is 2.82 bits per heavy atom. The number of hydrogen-bond acceptors (Lipinski definition) is 3. The number of rotatable bonds is 3. The third kappa shape index (κ3) is 1.91. The molecule has 0 radical (unpaired) electrons. The van der Waals surface area contributed by atoms with E-state index in [1.165, 1.54) is 4.68 Å². The minimum absolute atomic E-state index is 0.227. The van der Waals surface area contributed by atoms with Crippen molar-refractivity contribution in [2.24, 2.45) is 0 Å². The number of nitrogens with two attached hydrogens (primary N) is 1. The quantitative estimate of drug-likeness (QED) is 0.839. The molecule has 0 aliphatic heterocycles. The number of H-pyrrole nitrogens is 1. The van der Waals surface area contributed by atoms with E-state index in [1.807, 2.05) is 25.1 Å². The van der Waals surface area contributed by atoms with Crippen molar-refractivity contribution in [2.45, 2.75) is 13.3 Å². The molecule has 0 spiro atoms. The molecule has 1 aromatic carbocycles. The highest BCUT2D eigenvalue weighted by atomic mass is 16.5. The molecular formula is C12H15N3O2. The predicted octanol–water partition coefficient (Wildman–Crippen LogP) is 1.32. The van der Waals surface area contributed by atoms with Gasteiger partial charge in [-0.1, -0.05) is 13.0 Å². The fourth-order valence-corrected chi connectivity index (χ4v) is 1.70. The molecule has 3 N–H and O–H groups in total. The van der Waals surface area contributed by atoms with Crippen molar-refractivity contribution in [3.8, 4) is 11.4 Å². The molecule has 0 atom stereocenters. The van der Waals surface area contributed by atoms with Crippen LogP contribution in [-0.4, -0.2) is 16.9 Å². The van der Waals surface area contributed by atoms with E-state index in [4.69, 9.17) is 10.5 Å². The Morgan fingerprint density at radius 1 is 1.47 bits per heavy atom. The van der Waals surface area contributed by atoms with Crippen molar-refractivity contribution in [3.05, 3.63) is 40.3 Å². The molecular weight excluding hydrogens is 218 g/mol. The molecule has 0 unspecified atom stereocenters. The Balaban J connectivity index is 2.56. The first-order valence-corrected chi connectivity index (χ1v) is 5.41. The van der Waals surface area contributed by atoms with E-state index in [2.05, 4.69) is 5.10 Å². The number of hydrogen-bond donors (Lipinski definition) is 2. The van der Waals surface area contributed by atoms with Crippen LogP contribution < -0.4 is 16.0 Å². The molecule has 17 heavy (non-hydrogen) atoms. The third-order valence-corrected chi connectivity index (χ3v) is 2.67. The van der Waals surface area contributed by atoms with Gasteiger partial charge in [0, 0.05) is 6.07 Å². The van der Waals surface area contributed by atoms with Crippen LogP contribution in [0.3, 0.4) is 0 Å². The van der Waals surface area contributed by atoms with Gasteiger partial charge in [0.1, 0.15) is 11.4 Å². The largest absolute Gasteiger partial charge is 0.497 e. The number of aryl methyl sites for hydroxylation is 1. The van der Waals surface area contributed by atoms with E-state index < -0.39 is 0 Å². The molecule has 0 saturated heterocycles. The fourth-order valence-electron chi connectivity index (χ4n) is 1.70. The number of aromatic amines is 1. The molecule has 0 aliphatic carbocycles. The van der Waals surface area contributed by atoms with E-state index in [1.54, 1.807) is 13.2 Å². The number of benzene rings is 1. The molecule has 5 heteroatoms. The molecule has 5 nitrogen and oxygen atoms in total. The Morgan fingerprint density at radius 2 is 2.24 bits per heavy atom. The highest BCUT2D eigenvalue weighted by Crippen LogP contribution is 2.16. The summed E-state index contributed by atoms with van der Waals surface area (Å²) in [7, 11) is 1.59. The van der Waals surface area contributed by atoms with Crippen molar-refractivity contribution >= 4 is 5.69 Å². The first kappa shape index (κ1) is 11.3. The van der Waals surface area contributed by atoms with Crippen molar-refractivity contribution in [1.82, 2.24) is 9.78 Å². The van der Waals surface area contributed by atoms with Gasteiger partial charge in [0.2, 0.25) is 0 Å². The SMILES string of the molecule is CCc1[nH]n(-c2cccc(OC)c2)c(=O)c1N. The highest BCUT2D eigenvalue weighted by Gasteiger charge is 2.10. The van der Waals surface area contributed by atoms with Gasteiger partial charge in [0.15, 0.2) is 0 Å². The number of ether oxygens (including phenoxy) is 1. The second-order valence-corrected chi connectivity index (χ2v) is 3.70. The van der Waals surface area contributed by atoms with Crippen LogP contribution in [0.5, 0.6) is 5.75 Å². The monoisotopic (exact) mass is 233 g/mol. The van der Waals surface area contributed by atoms with Crippen LogP contribution in [-0.2, 0) is 6.42 Å². The third-order valence-electron chi connectivity index (χ3n) is 2.67. The number of anilines is 1. The summed E-state index contributed by atoms with van der Waals surface area (Å²) in [5.74, 6) is 0.695. The Hall–Kier alpha value is -2.17. The molecule has 0 amide bonds. The lowest BCUT2D eigenvalue weighted by Crippen LogP contribution is -2.16. The Bertz CT molecular complexity index is 584. The van der Waals surface area contributed by atoms with Crippen molar-refractivity contribution in [3.63, 3.8) is 0 Å². The van der Waals surface area contributed by atoms with Gasteiger partial charge in [0.05, 0.1) is 18.5 Å². The Kier molecular flexibility index (Phi) is 2.91. The maximum atomic E-state index is 11.9. The zero-order valence-corrected chi connectivity index (χ0v) is 9.86. The van der Waals surface area contributed by atoms with E-state index in [-0.39, 0.29) is 11.2 Å². The van der Waals surface area contributed by atoms with Crippen molar-refractivity contribution < 1.29 is 4.74 Å². The predicted molar refractivity (Wildman–Crippen MR) is 66.7 cm³/mol. The minimum atomic E-state index is -0.227. The number of nitrogen functional groups attached to an aromatic ring is 1. The number of nitrogens with one attached hydrogen (secondary N) is 1. The first-order valence-electron chi connectivity index (χ1n) is 5.41. The van der Waals surface area contributed by atoms with Gasteiger partial charge in [-0.25, -0.2) is 4.68 Å². The summed E-state index contributed by atoms with van der Waals surface area (Å²) < 4.78 is 6.55. The molecule has 2 aromatic rings. The topological polar surface area (TPSA) is 73.0 Å². The molecule has 0 bridgehead atoms. The van der Waals surface area contributed by atoms with Gasteiger partial charge in [-0.3, -0.25) is 9.89 Å². The maximum absolute atomic E-state index is 11.9. The summed E-state index contributed by atoms with van der Waals surface area (Å²) in [4.78, 5) is 11.9. The van der Waals surface area contributed by atoms with Crippen LogP contribution in [0.25, 0.3) is 5.69 Å². The molecule has 0 aliphatic rings. The molecule has 90 valence electrons. The zero-order valence-electron chi connectivity index (χ0n) is 9.86. The molecule has 0 fully saturated rings. The standard InChI is InChI=1S/C12H15N3O2/c1-3-10-11(13)12(16)15(14-10)8-5-4-6-9(7-8)17-2/h4-7,14H,3,13H2,1-2H3. The summed E-state index contributed by atoms with van der Waals surface area (Å²) in [6.07, 6.45) is 0.693. The molecule has 1 aromatic heterocycles. The second kappa shape index (κ2) is 4.37. The maximum Gasteiger partial charge on any atom is 0.294 e. The Labute approximate surface area is 98.8 Å². The van der Waals surface area contributed by atoms with E-state index >= 15 is 0 Å². The lowest BCUT2D eigenvalue weighted by atomic mass is 10.3. The van der Waals surface area contributed by atoms with Crippen molar-refractivity contribution in [1.29, 1.82) is 0 Å². The van der Waals surface area contributed by atoms with Gasteiger partial charge in [0.25, 0.3) is 5.56 Å². The van der Waals surface area contributed by atoms with Gasteiger partial charge < -0.3 is 10.5 Å². The molecule has 1 heterocycles. The van der Waals surface area contributed by atoms with Crippen LogP contribution in [0, 0.1) is 0 Å². The summed E-state index contributed by atoms with van der Waals surface area (Å²) in [6, 6.07) is 7.24. The van der Waals surface area contributed by atoms with E-state index in [0.717, 1.165) is 5.69 Å². The number of methoxy groups -OCH3 is 1. The zero-order chi connectivity index (χ0) is 12.4. The fraction of sp³-hybridized carbons (Fsp3) is 0.250. The van der Waals surface area contributed by atoms with Crippen LogP contribution >= 0.6 is 0 Å². The molecule has 2 rings (SSSR count). The van der Waals surface area contributed by atoms with Gasteiger partial charge >= 0.3 is 0 Å². The normalized spacial score (nSPS) is 10.5. The highest BCUT2D eigenvalue weighted by molar-refractivity contribution is 5.46. The first-order chi connectivity index (χ1) is 8.17. The summed E-state index contributed by atoms with van der Waals surface area (Å²) in [5.41, 5.74) is 7.23. The van der Waals surface area contributed by atoms with Crippen LogP contribution in [0.4, 0.5) is 5.69 Å². The van der Waals surface area contributed by atoms with E-state index in [0.29, 0.717) is 17.9 Å². The van der Waals surface area contributed by atoms with Crippen LogP contribution in [0.1, 0.15) is 12.6 Å². The average molecular weight is 233 g/mol. The van der Waals surface area contributed by atoms with Gasteiger partial charge in [-0.05, 0) is 18.6 Å². The summed E-state index contributed by atoms with van der Waals surface area (Å²) in [6.45, 7) is 1.94. The lowest BCUT2D eigenvalue weighted by molar-refractivity contribution is 0.414.